The average Bonchev–Trinajstić information content (AvgIpc) is 2.52. The van der Waals surface area contributed by atoms with Crippen molar-refractivity contribution in [3.63, 3.8) is 0 Å². The lowest BCUT2D eigenvalue weighted by Crippen LogP contribution is -2.26. The highest BCUT2D eigenvalue weighted by Gasteiger charge is 2.26. The summed E-state index contributed by atoms with van der Waals surface area (Å²) in [6.45, 7) is 3.97. The predicted octanol–water partition coefficient (Wildman–Crippen LogP) is 4.73. The standard InChI is InChI=1S/C18H19F2NO/c1-3-12(2)17(13-7-5-4-6-8-13)18(22)21-16-11-14(19)9-10-15(16)20/h4-12,17H,3H2,1-2H3,(H,21,22)/t12-,17-/m1/s1. The summed E-state index contributed by atoms with van der Waals surface area (Å²) in [7, 11) is 0. The molecule has 0 aliphatic heterocycles. The SMILES string of the molecule is CC[C@@H](C)[C@@H](C(=O)Nc1cc(F)ccc1F)c1ccccc1. The first-order valence-electron chi connectivity index (χ1n) is 7.33. The van der Waals surface area contributed by atoms with Crippen LogP contribution in [-0.2, 0) is 4.79 Å². The quantitative estimate of drug-likeness (QED) is 0.849. The molecule has 2 atom stereocenters. The summed E-state index contributed by atoms with van der Waals surface area (Å²) in [5, 5.41) is 2.51. The first-order chi connectivity index (χ1) is 10.5. The molecule has 22 heavy (non-hydrogen) atoms. The minimum absolute atomic E-state index is 0.0824. The van der Waals surface area contributed by atoms with E-state index in [1.807, 2.05) is 44.2 Å². The van der Waals surface area contributed by atoms with Gasteiger partial charge in [0.2, 0.25) is 5.91 Å². The third-order valence-electron chi connectivity index (χ3n) is 3.84. The number of hydrogen-bond donors (Lipinski definition) is 1. The van der Waals surface area contributed by atoms with Gasteiger partial charge in [-0.2, -0.15) is 0 Å². The molecular formula is C18H19F2NO. The van der Waals surface area contributed by atoms with Gasteiger partial charge in [-0.15, -0.1) is 0 Å². The van der Waals surface area contributed by atoms with Crippen molar-refractivity contribution in [2.75, 3.05) is 5.32 Å². The van der Waals surface area contributed by atoms with Crippen molar-refractivity contribution in [1.29, 1.82) is 0 Å². The third-order valence-corrected chi connectivity index (χ3v) is 3.84. The average molecular weight is 303 g/mol. The van der Waals surface area contributed by atoms with Crippen molar-refractivity contribution in [1.82, 2.24) is 0 Å². The van der Waals surface area contributed by atoms with Gasteiger partial charge in [0.1, 0.15) is 11.6 Å². The second-order valence-electron chi connectivity index (χ2n) is 5.39. The molecule has 0 saturated carbocycles. The Hall–Kier alpha value is -2.23. The smallest absolute Gasteiger partial charge is 0.232 e. The number of nitrogens with one attached hydrogen (secondary N) is 1. The number of halogens is 2. The van der Waals surface area contributed by atoms with E-state index in [2.05, 4.69) is 5.32 Å². The van der Waals surface area contributed by atoms with Crippen LogP contribution in [0.2, 0.25) is 0 Å². The fourth-order valence-electron chi connectivity index (χ4n) is 2.44. The van der Waals surface area contributed by atoms with Crippen LogP contribution in [0.1, 0.15) is 31.7 Å². The summed E-state index contributed by atoms with van der Waals surface area (Å²) in [6, 6.07) is 12.4. The van der Waals surface area contributed by atoms with Crippen molar-refractivity contribution in [3.8, 4) is 0 Å². The second-order valence-corrected chi connectivity index (χ2v) is 5.39. The monoisotopic (exact) mass is 303 g/mol. The van der Waals surface area contributed by atoms with Gasteiger partial charge in [-0.1, -0.05) is 50.6 Å². The van der Waals surface area contributed by atoms with E-state index in [1.54, 1.807) is 0 Å². The maximum atomic E-state index is 13.7. The molecule has 0 heterocycles. The van der Waals surface area contributed by atoms with Crippen LogP contribution in [0.5, 0.6) is 0 Å². The Labute approximate surface area is 129 Å². The molecule has 0 aromatic heterocycles. The third kappa shape index (κ3) is 3.70. The van der Waals surface area contributed by atoms with Crippen LogP contribution in [0.25, 0.3) is 0 Å². The van der Waals surface area contributed by atoms with Gasteiger partial charge in [-0.05, 0) is 23.6 Å². The van der Waals surface area contributed by atoms with Crippen LogP contribution in [-0.4, -0.2) is 5.91 Å². The van der Waals surface area contributed by atoms with E-state index in [0.29, 0.717) is 0 Å². The molecular weight excluding hydrogens is 284 g/mol. The summed E-state index contributed by atoms with van der Waals surface area (Å²) in [6.07, 6.45) is 0.804. The van der Waals surface area contributed by atoms with Gasteiger partial charge < -0.3 is 5.32 Å². The fraction of sp³-hybridized carbons (Fsp3) is 0.278. The lowest BCUT2D eigenvalue weighted by atomic mass is 9.85. The maximum Gasteiger partial charge on any atom is 0.232 e. The molecule has 0 bridgehead atoms. The van der Waals surface area contributed by atoms with E-state index in [-0.39, 0.29) is 17.5 Å². The van der Waals surface area contributed by atoms with Crippen molar-refractivity contribution in [2.45, 2.75) is 26.2 Å². The Morgan fingerprint density at radius 1 is 1.14 bits per heavy atom. The van der Waals surface area contributed by atoms with Gasteiger partial charge in [-0.3, -0.25) is 4.79 Å². The van der Waals surface area contributed by atoms with Crippen LogP contribution in [0.15, 0.2) is 48.5 Å². The van der Waals surface area contributed by atoms with Crippen LogP contribution in [0.3, 0.4) is 0 Å². The van der Waals surface area contributed by atoms with Crippen molar-refractivity contribution < 1.29 is 13.6 Å². The Morgan fingerprint density at radius 3 is 2.45 bits per heavy atom. The molecule has 2 nitrogen and oxygen atoms in total. The highest BCUT2D eigenvalue weighted by molar-refractivity contribution is 5.96. The first kappa shape index (κ1) is 16.1. The van der Waals surface area contributed by atoms with E-state index in [0.717, 1.165) is 30.2 Å². The van der Waals surface area contributed by atoms with Crippen molar-refractivity contribution in [2.24, 2.45) is 5.92 Å². The van der Waals surface area contributed by atoms with Crippen LogP contribution in [0.4, 0.5) is 14.5 Å². The van der Waals surface area contributed by atoms with Gasteiger partial charge in [-0.25, -0.2) is 8.78 Å². The summed E-state index contributed by atoms with van der Waals surface area (Å²) in [5.41, 5.74) is 0.736. The highest BCUT2D eigenvalue weighted by atomic mass is 19.1. The summed E-state index contributed by atoms with van der Waals surface area (Å²) in [5.74, 6) is -1.89. The van der Waals surface area contributed by atoms with E-state index < -0.39 is 17.6 Å². The zero-order valence-electron chi connectivity index (χ0n) is 12.6. The van der Waals surface area contributed by atoms with Gasteiger partial charge in [0.25, 0.3) is 0 Å². The highest BCUT2D eigenvalue weighted by Crippen LogP contribution is 2.29. The van der Waals surface area contributed by atoms with E-state index in [1.165, 1.54) is 0 Å². The second kappa shape index (κ2) is 7.16. The largest absolute Gasteiger partial charge is 0.323 e. The van der Waals surface area contributed by atoms with Gasteiger partial charge in [0.05, 0.1) is 11.6 Å². The van der Waals surface area contributed by atoms with Crippen molar-refractivity contribution in [3.05, 3.63) is 65.7 Å². The minimum Gasteiger partial charge on any atom is -0.323 e. The molecule has 4 heteroatoms. The minimum atomic E-state index is -0.647. The Kier molecular flexibility index (Phi) is 5.26. The molecule has 2 rings (SSSR count). The molecule has 0 unspecified atom stereocenters. The van der Waals surface area contributed by atoms with Crippen LogP contribution in [0, 0.1) is 17.6 Å². The molecule has 116 valence electrons. The Morgan fingerprint density at radius 2 is 1.82 bits per heavy atom. The zero-order valence-corrected chi connectivity index (χ0v) is 12.6. The summed E-state index contributed by atoms with van der Waals surface area (Å²) < 4.78 is 26.9. The van der Waals surface area contributed by atoms with Crippen LogP contribution < -0.4 is 5.32 Å². The van der Waals surface area contributed by atoms with Gasteiger partial charge in [0, 0.05) is 6.07 Å². The normalized spacial score (nSPS) is 13.5. The Balaban J connectivity index is 2.28. The summed E-state index contributed by atoms with van der Waals surface area (Å²) in [4.78, 5) is 12.6. The number of hydrogen-bond acceptors (Lipinski definition) is 1. The molecule has 0 fully saturated rings. The topological polar surface area (TPSA) is 29.1 Å². The van der Waals surface area contributed by atoms with E-state index >= 15 is 0 Å². The molecule has 0 saturated heterocycles. The van der Waals surface area contributed by atoms with Crippen molar-refractivity contribution >= 4 is 11.6 Å². The number of benzene rings is 2. The van der Waals surface area contributed by atoms with E-state index in [4.69, 9.17) is 0 Å². The molecule has 0 radical (unpaired) electrons. The predicted molar refractivity (Wildman–Crippen MR) is 83.6 cm³/mol. The molecule has 2 aromatic carbocycles. The number of carbonyl (C=O) groups is 1. The first-order valence-corrected chi connectivity index (χ1v) is 7.33. The maximum absolute atomic E-state index is 13.7. The van der Waals surface area contributed by atoms with E-state index in [9.17, 15) is 13.6 Å². The lowest BCUT2D eigenvalue weighted by molar-refractivity contribution is -0.118. The number of carbonyl (C=O) groups excluding carboxylic acids is 1. The number of rotatable bonds is 5. The number of amides is 1. The zero-order chi connectivity index (χ0) is 16.1. The molecule has 2 aromatic rings. The van der Waals surface area contributed by atoms with Gasteiger partial charge in [0.15, 0.2) is 0 Å². The molecule has 0 spiro atoms. The number of anilines is 1. The molecule has 0 aliphatic rings. The molecule has 0 aliphatic carbocycles. The Bertz CT molecular complexity index is 643. The lowest BCUT2D eigenvalue weighted by Gasteiger charge is -2.23. The van der Waals surface area contributed by atoms with Gasteiger partial charge >= 0.3 is 0 Å². The fourth-order valence-corrected chi connectivity index (χ4v) is 2.44. The summed E-state index contributed by atoms with van der Waals surface area (Å²) >= 11 is 0. The molecule has 1 N–H and O–H groups in total. The molecule has 1 amide bonds. The van der Waals surface area contributed by atoms with Crippen LogP contribution >= 0.6 is 0 Å².